The predicted octanol–water partition coefficient (Wildman–Crippen LogP) is 2.90. The fourth-order valence-electron chi connectivity index (χ4n) is 1.61. The normalized spacial score (nSPS) is 10.1. The van der Waals surface area contributed by atoms with Crippen molar-refractivity contribution in [1.29, 1.82) is 0 Å². The van der Waals surface area contributed by atoms with Crippen molar-refractivity contribution in [2.24, 2.45) is 0 Å². The van der Waals surface area contributed by atoms with E-state index in [1.165, 1.54) is 0 Å². The molecule has 0 unspecified atom stereocenters. The molecule has 0 saturated carbocycles. The first-order chi connectivity index (χ1) is 10.3. The number of thioether (sulfide) groups is 1. The van der Waals surface area contributed by atoms with Gasteiger partial charge in [-0.05, 0) is 36.5 Å². The molecule has 21 heavy (non-hydrogen) atoms. The number of thiocarbonyl (C=S) groups is 1. The minimum Gasteiger partial charge on any atom is -0.493 e. The second-order valence-electron chi connectivity index (χ2n) is 4.07. The molecule has 0 aliphatic carbocycles. The van der Waals surface area contributed by atoms with Crippen molar-refractivity contribution in [2.75, 3.05) is 24.7 Å². The number of aromatic nitrogens is 1. The SMILES string of the molecule is COc1cccnc1NC(=S)NCCSCc1ccco1. The third-order valence-corrected chi connectivity index (χ3v) is 3.81. The maximum atomic E-state index is 5.26. The molecular weight excluding hydrogens is 306 g/mol. The Kier molecular flexibility index (Phi) is 6.36. The zero-order valence-corrected chi connectivity index (χ0v) is 13.3. The van der Waals surface area contributed by atoms with Crippen LogP contribution in [0.5, 0.6) is 5.75 Å². The maximum Gasteiger partial charge on any atom is 0.174 e. The lowest BCUT2D eigenvalue weighted by molar-refractivity contribution is 0.415. The van der Waals surface area contributed by atoms with E-state index in [1.54, 1.807) is 31.3 Å². The van der Waals surface area contributed by atoms with Crippen LogP contribution in [-0.4, -0.2) is 29.5 Å². The van der Waals surface area contributed by atoms with Crippen molar-refractivity contribution < 1.29 is 9.15 Å². The van der Waals surface area contributed by atoms with E-state index < -0.39 is 0 Å². The van der Waals surface area contributed by atoms with Crippen LogP contribution in [-0.2, 0) is 5.75 Å². The number of furan rings is 1. The van der Waals surface area contributed by atoms with Crippen molar-refractivity contribution >= 4 is 34.9 Å². The van der Waals surface area contributed by atoms with Gasteiger partial charge in [-0.2, -0.15) is 11.8 Å². The number of hydrogen-bond acceptors (Lipinski definition) is 5. The average molecular weight is 323 g/mol. The first-order valence-corrected chi connectivity index (χ1v) is 8.00. The third-order valence-electron chi connectivity index (χ3n) is 2.58. The second-order valence-corrected chi connectivity index (χ2v) is 5.58. The Morgan fingerprint density at radius 3 is 3.10 bits per heavy atom. The first-order valence-electron chi connectivity index (χ1n) is 6.43. The van der Waals surface area contributed by atoms with Gasteiger partial charge in [-0.1, -0.05) is 0 Å². The lowest BCUT2D eigenvalue weighted by Gasteiger charge is -2.11. The van der Waals surface area contributed by atoms with Crippen LogP contribution < -0.4 is 15.4 Å². The monoisotopic (exact) mass is 323 g/mol. The minimum absolute atomic E-state index is 0.533. The summed E-state index contributed by atoms with van der Waals surface area (Å²) in [5.41, 5.74) is 0. The molecule has 7 heteroatoms. The fourth-order valence-corrected chi connectivity index (χ4v) is 2.56. The Morgan fingerprint density at radius 1 is 1.43 bits per heavy atom. The van der Waals surface area contributed by atoms with Crippen molar-refractivity contribution in [2.45, 2.75) is 5.75 Å². The standard InChI is InChI=1S/C14H17N3O2S2/c1-18-12-5-2-6-15-13(12)17-14(20)16-7-9-21-10-11-4-3-8-19-11/h2-6,8H,7,9-10H2,1H3,(H2,15,16,17,20). The molecule has 0 saturated heterocycles. The van der Waals surface area contributed by atoms with Crippen LogP contribution in [0.4, 0.5) is 5.82 Å². The van der Waals surface area contributed by atoms with Crippen molar-refractivity contribution in [3.8, 4) is 5.75 Å². The zero-order valence-electron chi connectivity index (χ0n) is 11.7. The van der Waals surface area contributed by atoms with Crippen molar-refractivity contribution in [3.63, 3.8) is 0 Å². The van der Waals surface area contributed by atoms with E-state index in [2.05, 4.69) is 15.6 Å². The van der Waals surface area contributed by atoms with Gasteiger partial charge in [0.05, 0.1) is 19.1 Å². The summed E-state index contributed by atoms with van der Waals surface area (Å²) in [5.74, 6) is 4.05. The van der Waals surface area contributed by atoms with Gasteiger partial charge in [0, 0.05) is 18.5 Å². The van der Waals surface area contributed by atoms with Crippen LogP contribution in [0.25, 0.3) is 0 Å². The first kappa shape index (κ1) is 15.7. The molecule has 2 rings (SSSR count). The van der Waals surface area contributed by atoms with E-state index in [-0.39, 0.29) is 0 Å². The molecule has 0 aliphatic rings. The average Bonchev–Trinajstić information content (AvgIpc) is 3.01. The van der Waals surface area contributed by atoms with E-state index in [0.717, 1.165) is 23.8 Å². The molecule has 0 atom stereocenters. The summed E-state index contributed by atoms with van der Waals surface area (Å²) in [7, 11) is 1.60. The summed E-state index contributed by atoms with van der Waals surface area (Å²) < 4.78 is 10.5. The molecule has 0 aromatic carbocycles. The molecule has 2 N–H and O–H groups in total. The fraction of sp³-hybridized carbons (Fsp3) is 0.286. The minimum atomic E-state index is 0.533. The van der Waals surface area contributed by atoms with Crippen LogP contribution in [0.3, 0.4) is 0 Å². The molecule has 0 spiro atoms. The second kappa shape index (κ2) is 8.53. The van der Waals surface area contributed by atoms with Crippen molar-refractivity contribution in [3.05, 3.63) is 42.5 Å². The number of hydrogen-bond donors (Lipinski definition) is 2. The molecule has 5 nitrogen and oxygen atoms in total. The molecule has 112 valence electrons. The van der Waals surface area contributed by atoms with Gasteiger partial charge >= 0.3 is 0 Å². The molecule has 2 aromatic rings. The smallest absolute Gasteiger partial charge is 0.174 e. The zero-order chi connectivity index (χ0) is 14.9. The van der Waals surface area contributed by atoms with E-state index in [1.807, 2.05) is 24.3 Å². The molecule has 0 amide bonds. The number of rotatable bonds is 7. The summed E-state index contributed by atoms with van der Waals surface area (Å²) in [6.07, 6.45) is 3.38. The third kappa shape index (κ3) is 5.28. The van der Waals surface area contributed by atoms with Crippen LogP contribution in [0, 0.1) is 0 Å². The van der Waals surface area contributed by atoms with E-state index in [4.69, 9.17) is 21.4 Å². The van der Waals surface area contributed by atoms with E-state index >= 15 is 0 Å². The van der Waals surface area contributed by atoms with Gasteiger partial charge in [0.1, 0.15) is 5.76 Å². The summed E-state index contributed by atoms with van der Waals surface area (Å²) in [6, 6.07) is 7.51. The molecule has 2 aromatic heterocycles. The number of anilines is 1. The highest BCUT2D eigenvalue weighted by molar-refractivity contribution is 7.98. The number of nitrogens with zero attached hydrogens (tertiary/aromatic N) is 1. The van der Waals surface area contributed by atoms with Gasteiger partial charge in [-0.25, -0.2) is 4.98 Å². The maximum absolute atomic E-state index is 5.26. The highest BCUT2D eigenvalue weighted by Crippen LogP contribution is 2.19. The Hall–Kier alpha value is -1.73. The lowest BCUT2D eigenvalue weighted by Crippen LogP contribution is -2.30. The number of ether oxygens (including phenoxy) is 1. The lowest BCUT2D eigenvalue weighted by atomic mass is 10.4. The molecular formula is C14H17N3O2S2. The molecule has 2 heterocycles. The van der Waals surface area contributed by atoms with Gasteiger partial charge in [-0.3, -0.25) is 0 Å². The Labute approximate surface area is 133 Å². The van der Waals surface area contributed by atoms with Gasteiger partial charge in [0.2, 0.25) is 0 Å². The van der Waals surface area contributed by atoms with Gasteiger partial charge < -0.3 is 19.8 Å². The summed E-state index contributed by atoms with van der Waals surface area (Å²) in [6.45, 7) is 0.770. The van der Waals surface area contributed by atoms with Crippen LogP contribution in [0.1, 0.15) is 5.76 Å². The van der Waals surface area contributed by atoms with Crippen LogP contribution in [0.2, 0.25) is 0 Å². The Balaban J connectivity index is 1.65. The number of methoxy groups -OCH3 is 1. The summed E-state index contributed by atoms with van der Waals surface area (Å²) >= 11 is 7.01. The van der Waals surface area contributed by atoms with Crippen LogP contribution in [0.15, 0.2) is 41.1 Å². The summed E-state index contributed by atoms with van der Waals surface area (Å²) in [5, 5.41) is 6.69. The molecule has 0 bridgehead atoms. The molecule has 0 aliphatic heterocycles. The quantitative estimate of drug-likeness (QED) is 0.600. The molecule has 0 fully saturated rings. The largest absolute Gasteiger partial charge is 0.493 e. The van der Waals surface area contributed by atoms with E-state index in [9.17, 15) is 0 Å². The van der Waals surface area contributed by atoms with Gasteiger partial charge in [0.15, 0.2) is 16.7 Å². The van der Waals surface area contributed by atoms with Gasteiger partial charge in [-0.15, -0.1) is 0 Å². The van der Waals surface area contributed by atoms with Crippen molar-refractivity contribution in [1.82, 2.24) is 10.3 Å². The highest BCUT2D eigenvalue weighted by Gasteiger charge is 2.04. The number of pyridine rings is 1. The molecule has 0 radical (unpaired) electrons. The highest BCUT2D eigenvalue weighted by atomic mass is 32.2. The predicted molar refractivity (Wildman–Crippen MR) is 89.9 cm³/mol. The van der Waals surface area contributed by atoms with E-state index in [0.29, 0.717) is 16.7 Å². The van der Waals surface area contributed by atoms with Crippen LogP contribution >= 0.6 is 24.0 Å². The Bertz CT molecular complexity index is 561. The van der Waals surface area contributed by atoms with Gasteiger partial charge in [0.25, 0.3) is 0 Å². The summed E-state index contributed by atoms with van der Waals surface area (Å²) in [4.78, 5) is 4.19. The topological polar surface area (TPSA) is 59.3 Å². The Morgan fingerprint density at radius 2 is 2.33 bits per heavy atom. The number of nitrogens with one attached hydrogen (secondary N) is 2.